The van der Waals surface area contributed by atoms with E-state index in [-0.39, 0.29) is 17.9 Å². The van der Waals surface area contributed by atoms with Crippen LogP contribution in [-0.4, -0.2) is 26.5 Å². The standard InChI is InChI=1S/C19H16N4O3/c1-13(24)15-3-2-4-16(11-15)21-18(25)12-23-19(26)6-5-17(22-23)14-7-9-20-10-8-14/h2-11H,12H2,1H3,(H,21,25). The zero-order valence-electron chi connectivity index (χ0n) is 14.0. The number of hydrogen-bond donors (Lipinski definition) is 1. The molecule has 2 aromatic heterocycles. The van der Waals surface area contributed by atoms with Gasteiger partial charge in [-0.15, -0.1) is 0 Å². The highest BCUT2D eigenvalue weighted by molar-refractivity contribution is 5.97. The molecular weight excluding hydrogens is 332 g/mol. The van der Waals surface area contributed by atoms with Gasteiger partial charge in [0.15, 0.2) is 5.78 Å². The van der Waals surface area contributed by atoms with Gasteiger partial charge in [-0.2, -0.15) is 5.10 Å². The highest BCUT2D eigenvalue weighted by Gasteiger charge is 2.09. The van der Waals surface area contributed by atoms with Gasteiger partial charge in [-0.05, 0) is 37.3 Å². The average molecular weight is 348 g/mol. The van der Waals surface area contributed by atoms with Crippen molar-refractivity contribution < 1.29 is 9.59 Å². The second kappa shape index (κ2) is 7.52. The first kappa shape index (κ1) is 17.2. The van der Waals surface area contributed by atoms with Gasteiger partial charge in [-0.1, -0.05) is 12.1 Å². The van der Waals surface area contributed by atoms with E-state index < -0.39 is 5.91 Å². The molecule has 0 unspecified atom stereocenters. The van der Waals surface area contributed by atoms with E-state index in [1.807, 2.05) is 0 Å². The minimum atomic E-state index is -0.410. The quantitative estimate of drug-likeness (QED) is 0.713. The van der Waals surface area contributed by atoms with E-state index in [0.717, 1.165) is 10.2 Å². The molecule has 0 aliphatic rings. The van der Waals surface area contributed by atoms with Crippen LogP contribution in [0.1, 0.15) is 17.3 Å². The molecule has 2 heterocycles. The summed E-state index contributed by atoms with van der Waals surface area (Å²) in [6, 6.07) is 13.1. The van der Waals surface area contributed by atoms with Crippen LogP contribution in [0.5, 0.6) is 0 Å². The van der Waals surface area contributed by atoms with Crippen molar-refractivity contribution in [1.29, 1.82) is 0 Å². The minimum absolute atomic E-state index is 0.0935. The highest BCUT2D eigenvalue weighted by atomic mass is 16.2. The van der Waals surface area contributed by atoms with Crippen LogP contribution in [-0.2, 0) is 11.3 Å². The molecule has 0 atom stereocenters. The highest BCUT2D eigenvalue weighted by Crippen LogP contribution is 2.13. The van der Waals surface area contributed by atoms with Crippen LogP contribution < -0.4 is 10.9 Å². The van der Waals surface area contributed by atoms with Gasteiger partial charge >= 0.3 is 0 Å². The third kappa shape index (κ3) is 4.07. The first-order valence-corrected chi connectivity index (χ1v) is 7.92. The van der Waals surface area contributed by atoms with Gasteiger partial charge < -0.3 is 5.32 Å². The maximum Gasteiger partial charge on any atom is 0.267 e. The van der Waals surface area contributed by atoms with E-state index >= 15 is 0 Å². The molecule has 3 rings (SSSR count). The van der Waals surface area contributed by atoms with Crippen molar-refractivity contribution in [3.8, 4) is 11.3 Å². The first-order valence-electron chi connectivity index (χ1n) is 7.92. The third-order valence-electron chi connectivity index (χ3n) is 3.69. The van der Waals surface area contributed by atoms with Crippen LogP contribution in [0.4, 0.5) is 5.69 Å². The molecule has 0 saturated heterocycles. The van der Waals surface area contributed by atoms with Crippen LogP contribution in [0.3, 0.4) is 0 Å². The molecule has 7 nitrogen and oxygen atoms in total. The largest absolute Gasteiger partial charge is 0.324 e. The Labute approximate surface area is 149 Å². The summed E-state index contributed by atoms with van der Waals surface area (Å²) >= 11 is 0. The Hall–Kier alpha value is -3.61. The number of ketones is 1. The lowest BCUT2D eigenvalue weighted by atomic mass is 10.1. The number of carbonyl (C=O) groups is 2. The number of carbonyl (C=O) groups excluding carboxylic acids is 2. The molecule has 7 heteroatoms. The molecule has 0 saturated carbocycles. The van der Waals surface area contributed by atoms with Crippen molar-refractivity contribution >= 4 is 17.4 Å². The molecular formula is C19H16N4O3. The monoisotopic (exact) mass is 348 g/mol. The molecule has 1 aromatic carbocycles. The third-order valence-corrected chi connectivity index (χ3v) is 3.69. The SMILES string of the molecule is CC(=O)c1cccc(NC(=O)Cn2nc(-c3ccncc3)ccc2=O)c1. The fourth-order valence-corrected chi connectivity index (χ4v) is 2.39. The maximum absolute atomic E-state index is 12.3. The van der Waals surface area contributed by atoms with Gasteiger partial charge in [0.2, 0.25) is 5.91 Å². The van der Waals surface area contributed by atoms with Crippen LogP contribution in [0, 0.1) is 0 Å². The summed E-state index contributed by atoms with van der Waals surface area (Å²) in [5.41, 5.74) is 1.97. The van der Waals surface area contributed by atoms with Gasteiger partial charge in [-0.25, -0.2) is 4.68 Å². The maximum atomic E-state index is 12.3. The van der Waals surface area contributed by atoms with Crippen molar-refractivity contribution in [2.24, 2.45) is 0 Å². The zero-order valence-corrected chi connectivity index (χ0v) is 14.0. The summed E-state index contributed by atoms with van der Waals surface area (Å²) in [4.78, 5) is 39.6. The summed E-state index contributed by atoms with van der Waals surface area (Å²) < 4.78 is 1.10. The van der Waals surface area contributed by atoms with Gasteiger partial charge in [-0.3, -0.25) is 19.4 Å². The molecule has 0 aliphatic carbocycles. The van der Waals surface area contributed by atoms with Crippen molar-refractivity contribution in [2.45, 2.75) is 13.5 Å². The Bertz CT molecular complexity index is 1010. The summed E-state index contributed by atoms with van der Waals surface area (Å²) in [7, 11) is 0. The first-order chi connectivity index (χ1) is 12.5. The number of Topliss-reactive ketones (excluding diaryl/α,β-unsaturated/α-hetero) is 1. The Morgan fingerprint density at radius 2 is 1.85 bits per heavy atom. The number of benzene rings is 1. The lowest BCUT2D eigenvalue weighted by molar-refractivity contribution is -0.117. The van der Waals surface area contributed by atoms with Crippen LogP contribution in [0.25, 0.3) is 11.3 Å². The van der Waals surface area contributed by atoms with E-state index in [9.17, 15) is 14.4 Å². The smallest absolute Gasteiger partial charge is 0.267 e. The minimum Gasteiger partial charge on any atom is -0.324 e. The van der Waals surface area contributed by atoms with E-state index in [4.69, 9.17) is 0 Å². The van der Waals surface area contributed by atoms with Crippen LogP contribution in [0.2, 0.25) is 0 Å². The molecule has 0 bridgehead atoms. The molecule has 130 valence electrons. The predicted molar refractivity (Wildman–Crippen MR) is 96.8 cm³/mol. The van der Waals surface area contributed by atoms with E-state index in [1.54, 1.807) is 54.9 Å². The normalized spacial score (nSPS) is 10.3. The summed E-state index contributed by atoms with van der Waals surface area (Å²) in [6.07, 6.45) is 3.25. The fraction of sp³-hybridized carbons (Fsp3) is 0.105. The lowest BCUT2D eigenvalue weighted by Crippen LogP contribution is -2.29. The average Bonchev–Trinajstić information content (AvgIpc) is 2.64. The second-order valence-electron chi connectivity index (χ2n) is 5.64. The second-order valence-corrected chi connectivity index (χ2v) is 5.64. The van der Waals surface area contributed by atoms with Crippen molar-refractivity contribution in [3.05, 3.63) is 76.8 Å². The van der Waals surface area contributed by atoms with Crippen molar-refractivity contribution in [1.82, 2.24) is 14.8 Å². The summed E-state index contributed by atoms with van der Waals surface area (Å²) in [5, 5.41) is 6.90. The number of nitrogens with one attached hydrogen (secondary N) is 1. The number of anilines is 1. The van der Waals surface area contributed by atoms with Crippen molar-refractivity contribution in [3.63, 3.8) is 0 Å². The number of pyridine rings is 1. The summed E-state index contributed by atoms with van der Waals surface area (Å²) in [6.45, 7) is 1.22. The number of amides is 1. The predicted octanol–water partition coefficient (Wildman–Crippen LogP) is 2.15. The number of nitrogens with zero attached hydrogens (tertiary/aromatic N) is 3. The van der Waals surface area contributed by atoms with E-state index in [1.165, 1.54) is 13.0 Å². The molecule has 0 spiro atoms. The molecule has 1 amide bonds. The van der Waals surface area contributed by atoms with E-state index in [0.29, 0.717) is 16.9 Å². The molecule has 3 aromatic rings. The molecule has 0 aliphatic heterocycles. The van der Waals surface area contributed by atoms with Crippen molar-refractivity contribution in [2.75, 3.05) is 5.32 Å². The lowest BCUT2D eigenvalue weighted by Gasteiger charge is -2.09. The molecule has 1 N–H and O–H groups in total. The van der Waals surface area contributed by atoms with E-state index in [2.05, 4.69) is 15.4 Å². The van der Waals surface area contributed by atoms with Gasteiger partial charge in [0.25, 0.3) is 5.56 Å². The van der Waals surface area contributed by atoms with Gasteiger partial charge in [0, 0.05) is 35.3 Å². The van der Waals surface area contributed by atoms with Crippen LogP contribution in [0.15, 0.2) is 65.7 Å². The Morgan fingerprint density at radius 3 is 2.58 bits per heavy atom. The van der Waals surface area contributed by atoms with Gasteiger partial charge in [0.05, 0.1) is 5.69 Å². The number of hydrogen-bond acceptors (Lipinski definition) is 5. The summed E-state index contributed by atoms with van der Waals surface area (Å²) in [5.74, 6) is -0.504. The number of rotatable bonds is 5. The number of aromatic nitrogens is 3. The zero-order chi connectivity index (χ0) is 18.5. The topological polar surface area (TPSA) is 93.9 Å². The Morgan fingerprint density at radius 1 is 1.08 bits per heavy atom. The molecule has 26 heavy (non-hydrogen) atoms. The fourth-order valence-electron chi connectivity index (χ4n) is 2.39. The Kier molecular flexibility index (Phi) is 4.98. The Balaban J connectivity index is 1.78. The molecule has 0 fully saturated rings. The van der Waals surface area contributed by atoms with Crippen LogP contribution >= 0.6 is 0 Å². The molecule has 0 radical (unpaired) electrons. The van der Waals surface area contributed by atoms with Gasteiger partial charge in [0.1, 0.15) is 6.54 Å².